The average molecular weight is 388 g/mol. The molecule has 144 valence electrons. The number of unbranched alkanes of at least 4 members (excludes halogenated alkanes) is 2. The summed E-state index contributed by atoms with van der Waals surface area (Å²) in [4.78, 5) is 25.7. The molecule has 0 amide bonds. The van der Waals surface area contributed by atoms with Crippen LogP contribution >= 0.6 is 11.6 Å². The summed E-state index contributed by atoms with van der Waals surface area (Å²) in [6, 6.07) is 7.43. The zero-order valence-electron chi connectivity index (χ0n) is 15.9. The minimum Gasteiger partial charge on any atom is -0.462 e. The summed E-state index contributed by atoms with van der Waals surface area (Å²) in [5, 5.41) is 3.85. The Balaban J connectivity index is 2.01. The number of rotatable bonds is 6. The lowest BCUT2D eigenvalue weighted by Gasteiger charge is -2.34. The van der Waals surface area contributed by atoms with Crippen molar-refractivity contribution in [1.82, 2.24) is 5.32 Å². The van der Waals surface area contributed by atoms with Gasteiger partial charge in [-0.25, -0.2) is 4.79 Å². The quantitative estimate of drug-likeness (QED) is 0.548. The van der Waals surface area contributed by atoms with E-state index < -0.39 is 5.92 Å². The van der Waals surface area contributed by atoms with Crippen LogP contribution < -0.4 is 5.32 Å². The fourth-order valence-electron chi connectivity index (χ4n) is 3.87. The van der Waals surface area contributed by atoms with Gasteiger partial charge in [-0.3, -0.25) is 4.79 Å². The van der Waals surface area contributed by atoms with Crippen LogP contribution in [0.5, 0.6) is 0 Å². The molecule has 1 aliphatic heterocycles. The van der Waals surface area contributed by atoms with Gasteiger partial charge in [0, 0.05) is 34.3 Å². The van der Waals surface area contributed by atoms with Crippen molar-refractivity contribution in [3.05, 3.63) is 57.4 Å². The van der Waals surface area contributed by atoms with Crippen molar-refractivity contribution >= 4 is 23.4 Å². The van der Waals surface area contributed by atoms with E-state index in [1.54, 1.807) is 6.07 Å². The second-order valence-electron chi connectivity index (χ2n) is 7.13. The van der Waals surface area contributed by atoms with Crippen LogP contribution in [0.4, 0.5) is 0 Å². The van der Waals surface area contributed by atoms with Crippen molar-refractivity contribution in [1.29, 1.82) is 0 Å². The predicted octanol–water partition coefficient (Wildman–Crippen LogP) is 5.04. The summed E-state index contributed by atoms with van der Waals surface area (Å²) < 4.78 is 5.55. The summed E-state index contributed by atoms with van der Waals surface area (Å²) in [6.45, 7) is 4.36. The molecule has 0 radical (unpaired) electrons. The van der Waals surface area contributed by atoms with E-state index in [2.05, 4.69) is 12.2 Å². The largest absolute Gasteiger partial charge is 0.462 e. The van der Waals surface area contributed by atoms with Crippen molar-refractivity contribution in [3.63, 3.8) is 0 Å². The molecule has 0 aromatic heterocycles. The molecule has 2 aliphatic rings. The van der Waals surface area contributed by atoms with Gasteiger partial charge in [0.15, 0.2) is 5.78 Å². The topological polar surface area (TPSA) is 55.4 Å². The van der Waals surface area contributed by atoms with Gasteiger partial charge in [-0.05, 0) is 37.8 Å². The van der Waals surface area contributed by atoms with E-state index in [0.29, 0.717) is 29.2 Å². The number of hydrogen-bond acceptors (Lipinski definition) is 4. The maximum absolute atomic E-state index is 13.0. The molecule has 3 rings (SSSR count). The van der Waals surface area contributed by atoms with Gasteiger partial charge in [0.2, 0.25) is 0 Å². The van der Waals surface area contributed by atoms with Crippen molar-refractivity contribution in [2.24, 2.45) is 0 Å². The molecule has 1 aromatic carbocycles. The van der Waals surface area contributed by atoms with E-state index in [4.69, 9.17) is 16.3 Å². The number of nitrogens with one attached hydrogen (secondary N) is 1. The number of halogens is 1. The van der Waals surface area contributed by atoms with Gasteiger partial charge in [-0.2, -0.15) is 0 Å². The smallest absolute Gasteiger partial charge is 0.336 e. The molecule has 0 saturated carbocycles. The molecule has 1 N–H and O–H groups in total. The lowest BCUT2D eigenvalue weighted by molar-refractivity contribution is -0.139. The zero-order chi connectivity index (χ0) is 19.4. The fourth-order valence-corrected chi connectivity index (χ4v) is 4.11. The molecule has 0 saturated heterocycles. The standard InChI is InChI=1S/C22H26ClNO3/c1-3-4-7-13-27-22(26)19-14(2)24-17-11-8-12-18(25)21(17)20(19)15-9-5-6-10-16(15)23/h5-6,9-10,20,24H,3-4,7-8,11-13H2,1-2H3/t20-/m0/s1. The fraction of sp³-hybridized carbons (Fsp3) is 0.455. The molecule has 0 bridgehead atoms. The Morgan fingerprint density at radius 3 is 2.78 bits per heavy atom. The maximum Gasteiger partial charge on any atom is 0.336 e. The van der Waals surface area contributed by atoms with Crippen LogP contribution in [0.25, 0.3) is 0 Å². The van der Waals surface area contributed by atoms with Gasteiger partial charge in [0.25, 0.3) is 0 Å². The lowest BCUT2D eigenvalue weighted by atomic mass is 9.75. The molecule has 0 unspecified atom stereocenters. The van der Waals surface area contributed by atoms with Gasteiger partial charge in [0.1, 0.15) is 0 Å². The zero-order valence-corrected chi connectivity index (χ0v) is 16.7. The van der Waals surface area contributed by atoms with E-state index >= 15 is 0 Å². The number of benzene rings is 1. The summed E-state index contributed by atoms with van der Waals surface area (Å²) >= 11 is 6.47. The van der Waals surface area contributed by atoms with Gasteiger partial charge < -0.3 is 10.1 Å². The summed E-state index contributed by atoms with van der Waals surface area (Å²) in [6.07, 6.45) is 5.05. The summed E-state index contributed by atoms with van der Waals surface area (Å²) in [7, 11) is 0. The Hall–Kier alpha value is -2.07. The number of allylic oxidation sites excluding steroid dienone is 3. The van der Waals surface area contributed by atoms with Crippen molar-refractivity contribution in [2.45, 2.75) is 58.3 Å². The molecule has 27 heavy (non-hydrogen) atoms. The highest BCUT2D eigenvalue weighted by molar-refractivity contribution is 6.31. The van der Waals surface area contributed by atoms with E-state index in [1.165, 1.54) is 0 Å². The number of ketones is 1. The molecule has 5 heteroatoms. The van der Waals surface area contributed by atoms with Gasteiger partial charge in [-0.15, -0.1) is 0 Å². The minimum absolute atomic E-state index is 0.0810. The van der Waals surface area contributed by atoms with Crippen LogP contribution in [0, 0.1) is 0 Å². The lowest BCUT2D eigenvalue weighted by Crippen LogP contribution is -2.34. The number of carbonyl (C=O) groups is 2. The number of hydrogen-bond donors (Lipinski definition) is 1. The highest BCUT2D eigenvalue weighted by Gasteiger charge is 2.39. The highest BCUT2D eigenvalue weighted by Crippen LogP contribution is 2.44. The van der Waals surface area contributed by atoms with E-state index in [0.717, 1.165) is 49.1 Å². The summed E-state index contributed by atoms with van der Waals surface area (Å²) in [5.74, 6) is -0.759. The number of carbonyl (C=O) groups excluding carboxylic acids is 2. The third-order valence-corrected chi connectivity index (χ3v) is 5.54. The second-order valence-corrected chi connectivity index (χ2v) is 7.54. The van der Waals surface area contributed by atoms with E-state index in [-0.39, 0.29) is 11.8 Å². The van der Waals surface area contributed by atoms with Gasteiger partial charge in [-0.1, -0.05) is 49.6 Å². The predicted molar refractivity (Wildman–Crippen MR) is 106 cm³/mol. The third kappa shape index (κ3) is 4.11. The van der Waals surface area contributed by atoms with Crippen LogP contribution in [-0.2, 0) is 14.3 Å². The van der Waals surface area contributed by atoms with Gasteiger partial charge >= 0.3 is 5.97 Å². The Bertz CT molecular complexity index is 810. The molecule has 0 spiro atoms. The first-order chi connectivity index (χ1) is 13.0. The Labute approximate surface area is 165 Å². The number of dihydropyridines is 1. The van der Waals surface area contributed by atoms with Gasteiger partial charge in [0.05, 0.1) is 12.2 Å². The highest BCUT2D eigenvalue weighted by atomic mass is 35.5. The van der Waals surface area contributed by atoms with Crippen molar-refractivity contribution in [3.8, 4) is 0 Å². The Kier molecular flexibility index (Phi) is 6.38. The average Bonchev–Trinajstić information content (AvgIpc) is 2.65. The van der Waals surface area contributed by atoms with Crippen LogP contribution in [0.3, 0.4) is 0 Å². The van der Waals surface area contributed by atoms with Crippen LogP contribution in [0.2, 0.25) is 5.02 Å². The molecular weight excluding hydrogens is 362 g/mol. The Morgan fingerprint density at radius 1 is 1.26 bits per heavy atom. The molecule has 1 atom stereocenters. The first-order valence-corrected chi connectivity index (χ1v) is 10.1. The van der Waals surface area contributed by atoms with E-state index in [9.17, 15) is 9.59 Å². The normalized spacial score (nSPS) is 19.7. The summed E-state index contributed by atoms with van der Waals surface area (Å²) in [5.41, 5.74) is 3.60. The number of esters is 1. The van der Waals surface area contributed by atoms with E-state index in [1.807, 2.05) is 25.1 Å². The van der Waals surface area contributed by atoms with Crippen molar-refractivity contribution in [2.75, 3.05) is 6.61 Å². The molecule has 0 fully saturated rings. The van der Waals surface area contributed by atoms with Crippen LogP contribution in [-0.4, -0.2) is 18.4 Å². The minimum atomic E-state index is -0.471. The first-order valence-electron chi connectivity index (χ1n) is 9.70. The van der Waals surface area contributed by atoms with Crippen molar-refractivity contribution < 1.29 is 14.3 Å². The van der Waals surface area contributed by atoms with Crippen LogP contribution in [0.15, 0.2) is 46.8 Å². The molecule has 1 heterocycles. The van der Waals surface area contributed by atoms with Crippen LogP contribution in [0.1, 0.15) is 63.9 Å². The monoisotopic (exact) mass is 387 g/mol. The first kappa shape index (κ1) is 19.7. The molecule has 1 aliphatic carbocycles. The SMILES string of the molecule is CCCCCOC(=O)C1=C(C)NC2=C(C(=O)CCC2)[C@H]1c1ccccc1Cl. The third-order valence-electron chi connectivity index (χ3n) is 5.19. The molecular formula is C22H26ClNO3. The molecule has 1 aromatic rings. The number of ether oxygens (including phenoxy) is 1. The second kappa shape index (κ2) is 8.75. The maximum atomic E-state index is 13.0. The Morgan fingerprint density at radius 2 is 2.04 bits per heavy atom. The number of Topliss-reactive ketones (excluding diaryl/α,β-unsaturated/α-hetero) is 1. The molecule has 4 nitrogen and oxygen atoms in total.